The number of halogens is 1. The number of ketones is 1. The lowest BCUT2D eigenvalue weighted by molar-refractivity contribution is -0.157. The third-order valence-electron chi connectivity index (χ3n) is 7.87. The zero-order valence-corrected chi connectivity index (χ0v) is 26.3. The number of nitrogens with zero attached hydrogens (tertiary/aromatic N) is 3. The van der Waals surface area contributed by atoms with Crippen LogP contribution in [0, 0.1) is 23.1 Å². The van der Waals surface area contributed by atoms with Crippen LogP contribution in [0.15, 0.2) is 107 Å². The number of allylic oxidation sites excluding steroid dienone is 2. The molecule has 2 heterocycles. The van der Waals surface area contributed by atoms with Gasteiger partial charge in [-0.25, -0.2) is 14.2 Å². The van der Waals surface area contributed by atoms with Gasteiger partial charge < -0.3 is 19.7 Å². The van der Waals surface area contributed by atoms with E-state index in [1.54, 1.807) is 49.4 Å². The smallest absolute Gasteiger partial charge is 0.341 e. The van der Waals surface area contributed by atoms with Crippen LogP contribution >= 0.6 is 0 Å². The molecule has 0 amide bonds. The van der Waals surface area contributed by atoms with Crippen LogP contribution in [0.5, 0.6) is 5.75 Å². The highest BCUT2D eigenvalue weighted by Crippen LogP contribution is 2.41. The van der Waals surface area contributed by atoms with E-state index in [0.717, 1.165) is 5.56 Å². The molecule has 8 nitrogen and oxygen atoms in total. The molecule has 0 radical (unpaired) electrons. The molecule has 9 heteroatoms. The van der Waals surface area contributed by atoms with E-state index < -0.39 is 23.1 Å². The standard InChI is InChI=1S/C37H37FN4O4/c1-4-45-36(44)37(24-40-19-18-26-10-6-5-7-11-26)33(43)21-34-41-35(27-14-16-29(17-15-27)46-23-25(2)3)30(22-39)32(42(34)37)20-28-12-8-9-13-31(28)38/h5-17,21,25,40H,4,18-20,23-24H2,1-3H3. The van der Waals surface area contributed by atoms with Crippen molar-refractivity contribution in [1.29, 1.82) is 5.26 Å². The summed E-state index contributed by atoms with van der Waals surface area (Å²) in [6.07, 6.45) is 1.90. The fourth-order valence-corrected chi connectivity index (χ4v) is 5.59. The van der Waals surface area contributed by atoms with E-state index in [0.29, 0.717) is 48.1 Å². The van der Waals surface area contributed by atoms with Gasteiger partial charge in [0, 0.05) is 30.3 Å². The molecule has 2 aliphatic rings. The van der Waals surface area contributed by atoms with Crippen molar-refractivity contribution in [2.45, 2.75) is 39.2 Å². The van der Waals surface area contributed by atoms with Crippen LogP contribution in [-0.2, 0) is 27.2 Å². The Bertz CT molecular complexity index is 1720. The fraction of sp³-hybridized carbons (Fsp3) is 0.297. The third kappa shape index (κ3) is 6.63. The van der Waals surface area contributed by atoms with Crippen LogP contribution in [0.3, 0.4) is 0 Å². The largest absolute Gasteiger partial charge is 0.493 e. The van der Waals surface area contributed by atoms with Gasteiger partial charge in [0.2, 0.25) is 5.54 Å². The lowest BCUT2D eigenvalue weighted by Crippen LogP contribution is -2.62. The van der Waals surface area contributed by atoms with E-state index in [2.05, 4.69) is 25.2 Å². The summed E-state index contributed by atoms with van der Waals surface area (Å²) in [5.74, 6) is -0.569. The number of benzene rings is 3. The Morgan fingerprint density at radius 2 is 1.78 bits per heavy atom. The first-order chi connectivity index (χ1) is 22.3. The minimum atomic E-state index is -1.88. The van der Waals surface area contributed by atoms with E-state index >= 15 is 4.39 Å². The summed E-state index contributed by atoms with van der Waals surface area (Å²) in [6, 6.07) is 25.5. The molecular formula is C37H37FN4O4. The Morgan fingerprint density at radius 3 is 2.46 bits per heavy atom. The van der Waals surface area contributed by atoms with Gasteiger partial charge in [-0.1, -0.05) is 62.4 Å². The summed E-state index contributed by atoms with van der Waals surface area (Å²) in [4.78, 5) is 34.1. The lowest BCUT2D eigenvalue weighted by atomic mass is 9.89. The second-order valence-corrected chi connectivity index (χ2v) is 11.6. The number of hydrogen-bond acceptors (Lipinski definition) is 8. The Morgan fingerprint density at radius 1 is 1.07 bits per heavy atom. The van der Waals surface area contributed by atoms with Gasteiger partial charge in [-0.3, -0.25) is 4.79 Å². The second kappa shape index (κ2) is 14.4. The molecule has 1 atom stereocenters. The molecule has 0 saturated carbocycles. The Balaban J connectivity index is 1.58. The SMILES string of the molecule is CCOC(=O)C1(CNCCc2ccccc2)C(=O)C=C2N=C(c3ccc(OCC(C)C)cc3)C(C#N)=C(Cc3ccccc3F)N21. The molecule has 5 rings (SSSR count). The van der Waals surface area contributed by atoms with Crippen molar-refractivity contribution in [2.75, 3.05) is 26.3 Å². The van der Waals surface area contributed by atoms with Gasteiger partial charge in [0.15, 0.2) is 5.78 Å². The van der Waals surface area contributed by atoms with Crippen LogP contribution in [0.1, 0.15) is 37.5 Å². The van der Waals surface area contributed by atoms with Gasteiger partial charge in [0.25, 0.3) is 0 Å². The molecule has 3 aromatic rings. The number of nitriles is 1. The van der Waals surface area contributed by atoms with Crippen molar-refractivity contribution in [3.05, 3.63) is 125 Å². The van der Waals surface area contributed by atoms with E-state index in [1.807, 2.05) is 30.3 Å². The number of aliphatic imine (C=N–C) groups is 1. The molecule has 0 bridgehead atoms. The maximum Gasteiger partial charge on any atom is 0.341 e. The number of carbonyl (C=O) groups excluding carboxylic acids is 2. The Labute approximate surface area is 268 Å². The topological polar surface area (TPSA) is 104 Å². The first-order valence-electron chi connectivity index (χ1n) is 15.5. The van der Waals surface area contributed by atoms with E-state index in [-0.39, 0.29) is 36.7 Å². The second-order valence-electron chi connectivity index (χ2n) is 11.6. The number of hydrogen-bond donors (Lipinski definition) is 1. The normalized spacial score (nSPS) is 17.4. The van der Waals surface area contributed by atoms with Gasteiger partial charge in [0.05, 0.1) is 24.5 Å². The fourth-order valence-electron chi connectivity index (χ4n) is 5.59. The number of nitrogens with one attached hydrogen (secondary N) is 1. The molecule has 0 spiro atoms. The molecule has 46 heavy (non-hydrogen) atoms. The first-order valence-corrected chi connectivity index (χ1v) is 15.5. The maximum absolute atomic E-state index is 15.1. The highest BCUT2D eigenvalue weighted by molar-refractivity contribution is 6.20. The lowest BCUT2D eigenvalue weighted by Gasteiger charge is -2.41. The highest BCUT2D eigenvalue weighted by atomic mass is 19.1. The predicted molar refractivity (Wildman–Crippen MR) is 173 cm³/mol. The Kier molecular flexibility index (Phi) is 10.1. The van der Waals surface area contributed by atoms with Crippen molar-refractivity contribution in [1.82, 2.24) is 10.2 Å². The maximum atomic E-state index is 15.1. The molecule has 3 aromatic carbocycles. The number of rotatable bonds is 13. The summed E-state index contributed by atoms with van der Waals surface area (Å²) < 4.78 is 26.5. The van der Waals surface area contributed by atoms with Crippen molar-refractivity contribution < 1.29 is 23.5 Å². The van der Waals surface area contributed by atoms with Crippen molar-refractivity contribution in [2.24, 2.45) is 10.9 Å². The van der Waals surface area contributed by atoms with Crippen LogP contribution in [0.25, 0.3) is 0 Å². The number of carbonyl (C=O) groups is 2. The summed E-state index contributed by atoms with van der Waals surface area (Å²) in [5.41, 5.74) is 0.859. The molecule has 0 aromatic heterocycles. The number of fused-ring (bicyclic) bond motifs is 1. The minimum absolute atomic E-state index is 0.0399. The summed E-state index contributed by atoms with van der Waals surface area (Å²) in [7, 11) is 0. The van der Waals surface area contributed by atoms with E-state index in [9.17, 15) is 14.9 Å². The van der Waals surface area contributed by atoms with E-state index in [4.69, 9.17) is 14.5 Å². The molecule has 236 valence electrons. The molecule has 0 fully saturated rings. The molecule has 1 N–H and O–H groups in total. The average molecular weight is 621 g/mol. The number of ether oxygens (including phenoxy) is 2. The van der Waals surface area contributed by atoms with E-state index in [1.165, 1.54) is 17.0 Å². The Hall–Kier alpha value is -5.07. The summed E-state index contributed by atoms with van der Waals surface area (Å²) in [6.45, 7) is 6.74. The third-order valence-corrected chi connectivity index (χ3v) is 7.87. The van der Waals surface area contributed by atoms with Gasteiger partial charge in [-0.15, -0.1) is 0 Å². The zero-order valence-electron chi connectivity index (χ0n) is 26.3. The molecular weight excluding hydrogens is 583 g/mol. The average Bonchev–Trinajstić information content (AvgIpc) is 3.35. The molecule has 0 saturated heterocycles. The quantitative estimate of drug-likeness (QED) is 0.152. The molecule has 0 aliphatic carbocycles. The van der Waals surface area contributed by atoms with Gasteiger partial charge in [-0.2, -0.15) is 5.26 Å². The van der Waals surface area contributed by atoms with Gasteiger partial charge in [-0.05, 0) is 67.3 Å². The van der Waals surface area contributed by atoms with Crippen molar-refractivity contribution in [3.8, 4) is 11.8 Å². The summed E-state index contributed by atoms with van der Waals surface area (Å²) in [5, 5.41) is 13.9. The van der Waals surface area contributed by atoms with Crippen molar-refractivity contribution in [3.63, 3.8) is 0 Å². The van der Waals surface area contributed by atoms with Crippen LogP contribution in [-0.4, -0.2) is 54.2 Å². The highest BCUT2D eigenvalue weighted by Gasteiger charge is 2.58. The van der Waals surface area contributed by atoms with Crippen LogP contribution in [0.2, 0.25) is 0 Å². The van der Waals surface area contributed by atoms with Crippen LogP contribution in [0.4, 0.5) is 4.39 Å². The van der Waals surface area contributed by atoms with Gasteiger partial charge >= 0.3 is 5.97 Å². The summed E-state index contributed by atoms with van der Waals surface area (Å²) >= 11 is 0. The molecule has 1 unspecified atom stereocenters. The number of esters is 1. The predicted octanol–water partition coefficient (Wildman–Crippen LogP) is 5.54. The van der Waals surface area contributed by atoms with Crippen molar-refractivity contribution >= 4 is 17.5 Å². The van der Waals surface area contributed by atoms with Gasteiger partial charge in [0.1, 0.15) is 23.5 Å². The first kappa shape index (κ1) is 32.3. The van der Waals surface area contributed by atoms with Crippen LogP contribution < -0.4 is 10.1 Å². The molecule has 2 aliphatic heterocycles. The minimum Gasteiger partial charge on any atom is -0.493 e. The zero-order chi connectivity index (χ0) is 32.7. The monoisotopic (exact) mass is 620 g/mol.